The molecule has 0 saturated heterocycles. The first-order chi connectivity index (χ1) is 6.31. The zero-order chi connectivity index (χ0) is 9.26. The van der Waals surface area contributed by atoms with Crippen molar-refractivity contribution in [2.45, 2.75) is 31.3 Å². The third kappa shape index (κ3) is 1.81. The zero-order valence-electron chi connectivity index (χ0n) is 7.51. The molecule has 0 saturated carbocycles. The minimum atomic E-state index is 0.665. The van der Waals surface area contributed by atoms with Crippen molar-refractivity contribution < 1.29 is 0 Å². The normalized spacial score (nSPS) is 14.6. The first-order valence-corrected chi connectivity index (χ1v) is 5.96. The Morgan fingerprint density at radius 1 is 1.38 bits per heavy atom. The number of aryl methyl sites for hydroxylation is 1. The summed E-state index contributed by atoms with van der Waals surface area (Å²) in [6.07, 6.45) is 2.00. The van der Waals surface area contributed by atoms with Crippen LogP contribution in [0.15, 0.2) is 0 Å². The van der Waals surface area contributed by atoms with Crippen molar-refractivity contribution in [3.63, 3.8) is 0 Å². The molecule has 1 aliphatic heterocycles. The number of fused-ring (bicyclic) bond motifs is 1. The van der Waals surface area contributed by atoms with Gasteiger partial charge in [-0.05, 0) is 6.42 Å². The van der Waals surface area contributed by atoms with Gasteiger partial charge in [0.25, 0.3) is 0 Å². The Kier molecular flexibility index (Phi) is 2.74. The highest BCUT2D eigenvalue weighted by molar-refractivity contribution is 7.98. The first-order valence-electron chi connectivity index (χ1n) is 4.43. The summed E-state index contributed by atoms with van der Waals surface area (Å²) in [5, 5.41) is 0.665. The lowest BCUT2D eigenvalue weighted by atomic mass is 10.2. The fourth-order valence-electron chi connectivity index (χ4n) is 1.40. The van der Waals surface area contributed by atoms with Gasteiger partial charge < -0.3 is 0 Å². The predicted molar refractivity (Wildman–Crippen MR) is 56.0 cm³/mol. The Morgan fingerprint density at radius 2 is 2.23 bits per heavy atom. The van der Waals surface area contributed by atoms with Gasteiger partial charge >= 0.3 is 0 Å². The van der Waals surface area contributed by atoms with Crippen LogP contribution in [0.1, 0.15) is 30.4 Å². The van der Waals surface area contributed by atoms with E-state index < -0.39 is 0 Å². The van der Waals surface area contributed by atoms with Crippen LogP contribution in [-0.2, 0) is 17.9 Å². The smallest absolute Gasteiger partial charge is 0.137 e. The Labute approximate surface area is 87.1 Å². The minimum absolute atomic E-state index is 0.665. The van der Waals surface area contributed by atoms with Crippen LogP contribution in [0.2, 0.25) is 5.15 Å². The SMILES string of the molecule is CCCc1nc(Cl)c2c(n1)CSC2. The summed E-state index contributed by atoms with van der Waals surface area (Å²) < 4.78 is 0. The monoisotopic (exact) mass is 214 g/mol. The lowest BCUT2D eigenvalue weighted by Gasteiger charge is -2.03. The fourth-order valence-corrected chi connectivity index (χ4v) is 2.79. The number of hydrogen-bond acceptors (Lipinski definition) is 3. The minimum Gasteiger partial charge on any atom is -0.237 e. The van der Waals surface area contributed by atoms with E-state index in [0.717, 1.165) is 41.4 Å². The second-order valence-electron chi connectivity index (χ2n) is 3.10. The quantitative estimate of drug-likeness (QED) is 0.709. The van der Waals surface area contributed by atoms with E-state index in [1.54, 1.807) is 0 Å². The van der Waals surface area contributed by atoms with Crippen molar-refractivity contribution in [2.24, 2.45) is 0 Å². The molecule has 0 bridgehead atoms. The van der Waals surface area contributed by atoms with Crippen molar-refractivity contribution in [3.8, 4) is 0 Å². The predicted octanol–water partition coefficient (Wildman–Crippen LogP) is 2.83. The highest BCUT2D eigenvalue weighted by Crippen LogP contribution is 2.32. The fraction of sp³-hybridized carbons (Fsp3) is 0.556. The summed E-state index contributed by atoms with van der Waals surface area (Å²) in [5.41, 5.74) is 2.29. The molecule has 13 heavy (non-hydrogen) atoms. The van der Waals surface area contributed by atoms with Gasteiger partial charge in [0.1, 0.15) is 11.0 Å². The van der Waals surface area contributed by atoms with Crippen LogP contribution in [0, 0.1) is 0 Å². The molecule has 2 heterocycles. The maximum atomic E-state index is 6.05. The first kappa shape index (κ1) is 9.28. The lowest BCUT2D eigenvalue weighted by Crippen LogP contribution is -2.00. The van der Waals surface area contributed by atoms with Crippen LogP contribution >= 0.6 is 23.4 Å². The second-order valence-corrected chi connectivity index (χ2v) is 4.44. The molecule has 1 aromatic heterocycles. The van der Waals surface area contributed by atoms with Crippen LogP contribution in [0.5, 0.6) is 0 Å². The molecule has 0 unspecified atom stereocenters. The van der Waals surface area contributed by atoms with Gasteiger partial charge in [0, 0.05) is 23.5 Å². The van der Waals surface area contributed by atoms with Gasteiger partial charge in [0.05, 0.1) is 5.69 Å². The highest BCUT2D eigenvalue weighted by atomic mass is 35.5. The highest BCUT2D eigenvalue weighted by Gasteiger charge is 2.17. The number of nitrogens with zero attached hydrogens (tertiary/aromatic N) is 2. The molecule has 0 radical (unpaired) electrons. The van der Waals surface area contributed by atoms with Gasteiger partial charge in [-0.25, -0.2) is 9.97 Å². The molecule has 2 nitrogen and oxygen atoms in total. The third-order valence-corrected chi connectivity index (χ3v) is 3.33. The summed E-state index contributed by atoms with van der Waals surface area (Å²) >= 11 is 7.90. The molecule has 70 valence electrons. The van der Waals surface area contributed by atoms with E-state index in [1.807, 2.05) is 11.8 Å². The van der Waals surface area contributed by atoms with E-state index >= 15 is 0 Å². The summed E-state index contributed by atoms with van der Waals surface area (Å²) in [6.45, 7) is 2.12. The second kappa shape index (κ2) is 3.84. The number of halogens is 1. The maximum Gasteiger partial charge on any atom is 0.137 e. The molecule has 1 aromatic rings. The van der Waals surface area contributed by atoms with Crippen molar-refractivity contribution in [1.29, 1.82) is 0 Å². The standard InChI is InChI=1S/C9H11ClN2S/c1-2-3-8-11-7-5-13-4-6(7)9(10)12-8/h2-5H2,1H3. The molecule has 2 rings (SSSR count). The van der Waals surface area contributed by atoms with Gasteiger partial charge in [-0.15, -0.1) is 0 Å². The van der Waals surface area contributed by atoms with E-state index in [4.69, 9.17) is 11.6 Å². The Bertz CT molecular complexity index is 328. The molecule has 1 aliphatic rings. The van der Waals surface area contributed by atoms with E-state index in [9.17, 15) is 0 Å². The number of aromatic nitrogens is 2. The van der Waals surface area contributed by atoms with E-state index in [0.29, 0.717) is 5.15 Å². The summed E-state index contributed by atoms with van der Waals surface area (Å²) in [4.78, 5) is 8.76. The molecule has 0 aliphatic carbocycles. The van der Waals surface area contributed by atoms with Crippen LogP contribution in [-0.4, -0.2) is 9.97 Å². The molecule has 0 aromatic carbocycles. The van der Waals surface area contributed by atoms with Crippen molar-refractivity contribution in [1.82, 2.24) is 9.97 Å². The third-order valence-electron chi connectivity index (χ3n) is 2.05. The molecular formula is C9H11ClN2S. The molecule has 0 amide bonds. The van der Waals surface area contributed by atoms with E-state index in [2.05, 4.69) is 16.9 Å². The van der Waals surface area contributed by atoms with Gasteiger partial charge in [-0.1, -0.05) is 18.5 Å². The summed E-state index contributed by atoms with van der Waals surface area (Å²) in [5.74, 6) is 2.86. The van der Waals surface area contributed by atoms with Gasteiger partial charge in [0.15, 0.2) is 0 Å². The van der Waals surface area contributed by atoms with Crippen LogP contribution in [0.3, 0.4) is 0 Å². The molecule has 0 N–H and O–H groups in total. The summed E-state index contributed by atoms with van der Waals surface area (Å²) in [6, 6.07) is 0. The number of hydrogen-bond donors (Lipinski definition) is 0. The topological polar surface area (TPSA) is 25.8 Å². The average Bonchev–Trinajstić information content (AvgIpc) is 2.53. The van der Waals surface area contributed by atoms with Crippen LogP contribution < -0.4 is 0 Å². The van der Waals surface area contributed by atoms with Gasteiger partial charge in [-0.3, -0.25) is 0 Å². The largest absolute Gasteiger partial charge is 0.237 e. The molecule has 0 atom stereocenters. The molecule has 4 heteroatoms. The van der Waals surface area contributed by atoms with Crippen molar-refractivity contribution in [3.05, 3.63) is 22.2 Å². The van der Waals surface area contributed by atoms with E-state index in [-0.39, 0.29) is 0 Å². The Balaban J connectivity index is 2.37. The van der Waals surface area contributed by atoms with Gasteiger partial charge in [-0.2, -0.15) is 11.8 Å². The zero-order valence-corrected chi connectivity index (χ0v) is 9.08. The Hall–Kier alpha value is -0.280. The molecule has 0 fully saturated rings. The average molecular weight is 215 g/mol. The number of rotatable bonds is 2. The van der Waals surface area contributed by atoms with Gasteiger partial charge in [0.2, 0.25) is 0 Å². The van der Waals surface area contributed by atoms with Crippen molar-refractivity contribution >= 4 is 23.4 Å². The lowest BCUT2D eigenvalue weighted by molar-refractivity contribution is 0.820. The summed E-state index contributed by atoms with van der Waals surface area (Å²) in [7, 11) is 0. The van der Waals surface area contributed by atoms with Crippen molar-refractivity contribution in [2.75, 3.05) is 0 Å². The molecule has 0 spiro atoms. The maximum absolute atomic E-state index is 6.05. The Morgan fingerprint density at radius 3 is 3.00 bits per heavy atom. The van der Waals surface area contributed by atoms with E-state index in [1.165, 1.54) is 0 Å². The van der Waals surface area contributed by atoms with Crippen LogP contribution in [0.4, 0.5) is 0 Å². The van der Waals surface area contributed by atoms with Crippen LogP contribution in [0.25, 0.3) is 0 Å². The molecular weight excluding hydrogens is 204 g/mol. The number of thioether (sulfide) groups is 1.